The maximum absolute atomic E-state index is 13.7. The number of rotatable bonds is 11. The van der Waals surface area contributed by atoms with Crippen molar-refractivity contribution in [2.75, 3.05) is 26.7 Å². The van der Waals surface area contributed by atoms with E-state index in [9.17, 15) is 34.0 Å². The lowest BCUT2D eigenvalue weighted by Crippen LogP contribution is -2.55. The maximum atomic E-state index is 13.7. The normalized spacial score (nSPS) is 21.0. The molecule has 15 heteroatoms. The molecular weight excluding hydrogens is 588 g/mol. The van der Waals surface area contributed by atoms with Crippen LogP contribution < -0.4 is 32.1 Å². The van der Waals surface area contributed by atoms with Gasteiger partial charge in [0.05, 0.1) is 12.5 Å². The third-order valence-corrected chi connectivity index (χ3v) is 7.18. The highest BCUT2D eigenvalue weighted by molar-refractivity contribution is 5.93. The third-order valence-electron chi connectivity index (χ3n) is 7.18. The second-order valence-corrected chi connectivity index (χ2v) is 12.7. The number of likely N-dealkylation sites (N-methyl/N-ethyl adjacent to an activating group) is 1. The van der Waals surface area contributed by atoms with E-state index in [-0.39, 0.29) is 38.2 Å². The number of cyclic esters (lactones) is 1. The highest BCUT2D eigenvalue weighted by Gasteiger charge is 2.36. The van der Waals surface area contributed by atoms with Crippen LogP contribution in [0.4, 0.5) is 9.59 Å². The molecule has 15 nitrogen and oxygen atoms in total. The van der Waals surface area contributed by atoms with Crippen molar-refractivity contribution in [1.29, 1.82) is 0 Å². The molecule has 1 aliphatic heterocycles. The first-order chi connectivity index (χ1) is 21.2. The number of amides is 6. The smallest absolute Gasteiger partial charge is 0.407 e. The van der Waals surface area contributed by atoms with E-state index in [1.807, 2.05) is 13.8 Å². The number of ether oxygens (including phenoxy) is 2. The van der Waals surface area contributed by atoms with E-state index in [4.69, 9.17) is 9.47 Å². The van der Waals surface area contributed by atoms with Crippen molar-refractivity contribution >= 4 is 35.8 Å². The van der Waals surface area contributed by atoms with Gasteiger partial charge in [0.15, 0.2) is 0 Å². The van der Waals surface area contributed by atoms with E-state index >= 15 is 0 Å². The molecule has 45 heavy (non-hydrogen) atoms. The van der Waals surface area contributed by atoms with Crippen molar-refractivity contribution in [1.82, 2.24) is 32.1 Å². The Labute approximate surface area is 266 Å². The fourth-order valence-corrected chi connectivity index (χ4v) is 4.98. The molecule has 1 saturated heterocycles. The van der Waals surface area contributed by atoms with Gasteiger partial charge in [-0.3, -0.25) is 24.4 Å². The van der Waals surface area contributed by atoms with Gasteiger partial charge in [-0.25, -0.2) is 15.1 Å². The van der Waals surface area contributed by atoms with Gasteiger partial charge >= 0.3 is 12.2 Å². The van der Waals surface area contributed by atoms with Gasteiger partial charge in [-0.2, -0.15) is 0 Å². The second kappa shape index (κ2) is 20.4. The topological polar surface area (TPSA) is 213 Å². The molecule has 0 aromatic heterocycles. The summed E-state index contributed by atoms with van der Waals surface area (Å²) in [6, 6.07) is -1.92. The molecule has 0 aliphatic carbocycles. The van der Waals surface area contributed by atoms with Crippen LogP contribution in [0.2, 0.25) is 0 Å². The zero-order valence-corrected chi connectivity index (χ0v) is 27.6. The number of carbonyl (C=O) groups is 6. The molecule has 258 valence electrons. The average Bonchev–Trinajstić information content (AvgIpc) is 2.96. The molecule has 6 amide bonds. The van der Waals surface area contributed by atoms with E-state index < -0.39 is 65.3 Å². The van der Waals surface area contributed by atoms with E-state index in [1.54, 1.807) is 26.3 Å². The summed E-state index contributed by atoms with van der Waals surface area (Å²) in [6.07, 6.45) is 2.07. The van der Waals surface area contributed by atoms with E-state index in [2.05, 4.69) is 26.6 Å². The Morgan fingerprint density at radius 3 is 2.38 bits per heavy atom. The first-order valence-corrected chi connectivity index (χ1v) is 15.8. The van der Waals surface area contributed by atoms with Crippen molar-refractivity contribution < 1.29 is 43.4 Å². The van der Waals surface area contributed by atoms with Crippen molar-refractivity contribution in [3.05, 3.63) is 0 Å². The lowest BCUT2D eigenvalue weighted by molar-refractivity contribution is -0.142. The Hall–Kier alpha value is -3.62. The molecule has 0 aromatic carbocycles. The first-order valence-electron chi connectivity index (χ1n) is 15.8. The zero-order valence-electron chi connectivity index (χ0n) is 27.6. The Morgan fingerprint density at radius 1 is 1.04 bits per heavy atom. The SMILES string of the molecule is CNC(=O)[C@@H](CCCCNC(=O)OC(C)(C)C)NC(=O)[C@@H]1CCCCNC(=O)OCCC[C@H](C(=O)NO)[C@@H](CC(C)C)C(=O)N1. The van der Waals surface area contributed by atoms with Crippen molar-refractivity contribution in [2.45, 2.75) is 110 Å². The van der Waals surface area contributed by atoms with Gasteiger partial charge in [-0.05, 0) is 84.5 Å². The maximum Gasteiger partial charge on any atom is 0.407 e. The van der Waals surface area contributed by atoms with Crippen LogP contribution in [0.5, 0.6) is 0 Å². The van der Waals surface area contributed by atoms with Crippen LogP contribution in [-0.4, -0.2) is 85.5 Å². The largest absolute Gasteiger partial charge is 0.450 e. The molecular formula is C30H54N6O9. The van der Waals surface area contributed by atoms with Crippen LogP contribution in [0.25, 0.3) is 0 Å². The molecule has 0 bridgehead atoms. The van der Waals surface area contributed by atoms with Crippen LogP contribution in [0, 0.1) is 17.8 Å². The average molecular weight is 643 g/mol. The summed E-state index contributed by atoms with van der Waals surface area (Å²) in [6.45, 7) is 9.72. The first kappa shape index (κ1) is 39.4. The van der Waals surface area contributed by atoms with Gasteiger partial charge in [-0.1, -0.05) is 13.8 Å². The van der Waals surface area contributed by atoms with Gasteiger partial charge < -0.3 is 36.1 Å². The number of unbranched alkanes of at least 4 members (excludes halogenated alkanes) is 1. The van der Waals surface area contributed by atoms with Gasteiger partial charge in [0.2, 0.25) is 23.6 Å². The number of alkyl carbamates (subject to hydrolysis) is 2. The van der Waals surface area contributed by atoms with Crippen LogP contribution in [0.3, 0.4) is 0 Å². The van der Waals surface area contributed by atoms with E-state index in [1.165, 1.54) is 7.05 Å². The predicted octanol–water partition coefficient (Wildman–Crippen LogP) is 1.87. The van der Waals surface area contributed by atoms with E-state index in [0.29, 0.717) is 45.2 Å². The fourth-order valence-electron chi connectivity index (χ4n) is 4.98. The summed E-state index contributed by atoms with van der Waals surface area (Å²) in [7, 11) is 1.46. The second-order valence-electron chi connectivity index (χ2n) is 12.7. The molecule has 1 heterocycles. The van der Waals surface area contributed by atoms with E-state index in [0.717, 1.165) is 0 Å². The van der Waals surface area contributed by atoms with Crippen LogP contribution in [0.1, 0.15) is 92.4 Å². The molecule has 0 radical (unpaired) electrons. The molecule has 7 N–H and O–H groups in total. The van der Waals surface area contributed by atoms with Crippen molar-refractivity contribution in [2.24, 2.45) is 17.8 Å². The summed E-state index contributed by atoms with van der Waals surface area (Å²) in [4.78, 5) is 76.4. The van der Waals surface area contributed by atoms with Crippen LogP contribution in [-0.2, 0) is 28.7 Å². The third kappa shape index (κ3) is 16.3. The molecule has 0 aromatic rings. The molecule has 0 spiro atoms. The highest BCUT2D eigenvalue weighted by atomic mass is 16.6. The quantitative estimate of drug-likeness (QED) is 0.0994. The molecule has 1 aliphatic rings. The van der Waals surface area contributed by atoms with Gasteiger partial charge in [0.1, 0.15) is 17.7 Å². The summed E-state index contributed by atoms with van der Waals surface area (Å²) >= 11 is 0. The lowest BCUT2D eigenvalue weighted by Gasteiger charge is -2.29. The summed E-state index contributed by atoms with van der Waals surface area (Å²) in [5.74, 6) is -4.05. The summed E-state index contributed by atoms with van der Waals surface area (Å²) in [5.41, 5.74) is 1.02. The number of hydrogen-bond acceptors (Lipinski definition) is 9. The molecule has 0 unspecified atom stereocenters. The van der Waals surface area contributed by atoms with Crippen molar-refractivity contribution in [3.8, 4) is 0 Å². The minimum Gasteiger partial charge on any atom is -0.450 e. The Balaban J connectivity index is 3.07. The minimum absolute atomic E-state index is 0.00793. The molecule has 1 fully saturated rings. The standard InChI is InChI=1S/C30H54N6O9/c1-19(2)18-21-20(25(38)36-43)12-11-17-44-28(41)32-15-9-8-14-23(34-24(21)37)27(40)35-22(26(39)31-6)13-7-10-16-33-29(42)45-30(3,4)5/h19-23,43H,7-18H2,1-6H3,(H,31,39)(H,32,41)(H,33,42)(H,34,37)(H,35,40)(H,36,38)/t20-,21+,22+,23-/m0/s1. The summed E-state index contributed by atoms with van der Waals surface area (Å²) < 4.78 is 10.4. The number of nitrogens with one attached hydrogen (secondary N) is 6. The fraction of sp³-hybridized carbons (Fsp3) is 0.800. The summed E-state index contributed by atoms with van der Waals surface area (Å²) in [5, 5.41) is 22.8. The van der Waals surface area contributed by atoms with Gasteiger partial charge in [0.25, 0.3) is 0 Å². The number of hydroxylamine groups is 1. The lowest BCUT2D eigenvalue weighted by atomic mass is 9.81. The van der Waals surface area contributed by atoms with Gasteiger partial charge in [-0.15, -0.1) is 0 Å². The number of hydrogen-bond donors (Lipinski definition) is 7. The highest BCUT2D eigenvalue weighted by Crippen LogP contribution is 2.26. The Kier molecular flexibility index (Phi) is 17.9. The van der Waals surface area contributed by atoms with Crippen molar-refractivity contribution in [3.63, 3.8) is 0 Å². The minimum atomic E-state index is -1.02. The van der Waals surface area contributed by atoms with Gasteiger partial charge in [0, 0.05) is 26.1 Å². The monoisotopic (exact) mass is 642 g/mol. The Bertz CT molecular complexity index is 985. The molecule has 4 atom stereocenters. The molecule has 1 rings (SSSR count). The Morgan fingerprint density at radius 2 is 1.76 bits per heavy atom. The van der Waals surface area contributed by atoms with Crippen LogP contribution >= 0.6 is 0 Å². The molecule has 0 saturated carbocycles. The predicted molar refractivity (Wildman–Crippen MR) is 165 cm³/mol. The van der Waals surface area contributed by atoms with Crippen LogP contribution in [0.15, 0.2) is 0 Å². The zero-order chi connectivity index (χ0) is 34.0. The number of carbonyl (C=O) groups excluding carboxylic acids is 6.